The van der Waals surface area contributed by atoms with Crippen LogP contribution in [0.2, 0.25) is 10.0 Å². The number of nitrogens with zero attached hydrogens (tertiary/aromatic N) is 2. The summed E-state index contributed by atoms with van der Waals surface area (Å²) in [6.45, 7) is 2.40. The molecule has 8 nitrogen and oxygen atoms in total. The minimum Gasteiger partial charge on any atom is -0.453 e. The molecule has 4 rings (SSSR count). The summed E-state index contributed by atoms with van der Waals surface area (Å²) in [6.07, 6.45) is 5.38. The van der Waals surface area contributed by atoms with Gasteiger partial charge in [0.25, 0.3) is 0 Å². The van der Waals surface area contributed by atoms with Crippen LogP contribution in [0.25, 0.3) is 11.3 Å². The molecule has 188 valence electrons. The molecule has 1 saturated carbocycles. The zero-order valence-corrected chi connectivity index (χ0v) is 21.2. The first-order valence-electron chi connectivity index (χ1n) is 11.9. The van der Waals surface area contributed by atoms with Crippen LogP contribution in [-0.2, 0) is 20.7 Å². The molecule has 0 spiro atoms. The number of ether oxygens (including phenoxy) is 2. The fourth-order valence-corrected chi connectivity index (χ4v) is 5.04. The molecule has 2 aromatic rings. The summed E-state index contributed by atoms with van der Waals surface area (Å²) in [6, 6.07) is 5.38. The zero-order valence-electron chi connectivity index (χ0n) is 19.7. The summed E-state index contributed by atoms with van der Waals surface area (Å²) in [5.41, 5.74) is 1.80. The fraction of sp³-hybridized carbons (Fsp3) is 0.520. The lowest BCUT2D eigenvalue weighted by Crippen LogP contribution is -2.33. The lowest BCUT2D eigenvalue weighted by Gasteiger charge is -2.22. The van der Waals surface area contributed by atoms with Crippen LogP contribution < -0.4 is 10.6 Å². The van der Waals surface area contributed by atoms with Crippen molar-refractivity contribution in [2.24, 2.45) is 11.8 Å². The second-order valence-electron chi connectivity index (χ2n) is 9.10. The summed E-state index contributed by atoms with van der Waals surface area (Å²) in [5, 5.41) is 7.07. The summed E-state index contributed by atoms with van der Waals surface area (Å²) in [4.78, 5) is 33.4. The Morgan fingerprint density at radius 2 is 1.94 bits per heavy atom. The average Bonchev–Trinajstić information content (AvgIpc) is 3.34. The molecule has 2 aromatic heterocycles. The number of aromatic nitrogens is 2. The number of alkyl carbamates (subject to hydrolysis) is 1. The minimum atomic E-state index is -0.471. The van der Waals surface area contributed by atoms with E-state index in [0.717, 1.165) is 51.3 Å². The Labute approximate surface area is 215 Å². The largest absolute Gasteiger partial charge is 0.453 e. The Balaban J connectivity index is 1.43. The Morgan fingerprint density at radius 3 is 2.71 bits per heavy atom. The average molecular weight is 521 g/mol. The number of anilines is 1. The van der Waals surface area contributed by atoms with Gasteiger partial charge in [0.1, 0.15) is 11.6 Å². The number of carbonyl (C=O) groups is 2. The second-order valence-corrected chi connectivity index (χ2v) is 9.92. The van der Waals surface area contributed by atoms with Crippen molar-refractivity contribution in [3.8, 4) is 11.3 Å². The number of nitrogens with one attached hydrogen (secondary N) is 2. The molecular weight excluding hydrogens is 491 g/mol. The number of hydrogen-bond donors (Lipinski definition) is 2. The normalized spacial score (nSPS) is 20.4. The van der Waals surface area contributed by atoms with Gasteiger partial charge < -0.3 is 20.1 Å². The van der Waals surface area contributed by atoms with E-state index in [1.165, 1.54) is 13.3 Å². The molecule has 3 heterocycles. The van der Waals surface area contributed by atoms with E-state index >= 15 is 0 Å². The predicted molar refractivity (Wildman–Crippen MR) is 135 cm³/mol. The Morgan fingerprint density at radius 1 is 1.14 bits per heavy atom. The maximum Gasteiger partial charge on any atom is 0.407 e. The van der Waals surface area contributed by atoms with E-state index in [2.05, 4.69) is 20.4 Å². The molecule has 1 aliphatic carbocycles. The monoisotopic (exact) mass is 520 g/mol. The third-order valence-electron chi connectivity index (χ3n) is 6.68. The summed E-state index contributed by atoms with van der Waals surface area (Å²) in [7, 11) is 1.33. The third-order valence-corrected chi connectivity index (χ3v) is 7.28. The molecule has 0 unspecified atom stereocenters. The third kappa shape index (κ3) is 6.84. The first-order valence-corrected chi connectivity index (χ1v) is 12.7. The van der Waals surface area contributed by atoms with Gasteiger partial charge in [-0.2, -0.15) is 0 Å². The van der Waals surface area contributed by atoms with Crippen molar-refractivity contribution in [3.63, 3.8) is 0 Å². The number of halogens is 2. The number of carbonyl (C=O) groups excluding carboxylic acids is 2. The maximum absolute atomic E-state index is 12.9. The molecule has 2 atom stereocenters. The highest BCUT2D eigenvalue weighted by Crippen LogP contribution is 2.34. The van der Waals surface area contributed by atoms with Gasteiger partial charge in [0.05, 0.1) is 22.8 Å². The molecular formula is C25H30Cl2N4O4. The summed E-state index contributed by atoms with van der Waals surface area (Å²) >= 11 is 13.0. The number of hydrogen-bond acceptors (Lipinski definition) is 7. The van der Waals surface area contributed by atoms with Crippen molar-refractivity contribution in [2.75, 3.05) is 32.2 Å². The number of pyridine rings is 2. The molecule has 0 radical (unpaired) electrons. The van der Waals surface area contributed by atoms with Crippen LogP contribution >= 0.6 is 23.2 Å². The van der Waals surface area contributed by atoms with E-state index in [0.29, 0.717) is 39.3 Å². The first kappa shape index (κ1) is 25.7. The van der Waals surface area contributed by atoms with Crippen molar-refractivity contribution in [1.29, 1.82) is 0 Å². The second kappa shape index (κ2) is 12.0. The van der Waals surface area contributed by atoms with E-state index in [1.54, 1.807) is 12.1 Å². The number of rotatable bonds is 8. The van der Waals surface area contributed by atoms with Crippen LogP contribution in [0.15, 0.2) is 24.4 Å². The van der Waals surface area contributed by atoms with Crippen molar-refractivity contribution < 1.29 is 19.1 Å². The minimum absolute atomic E-state index is 0.0514. The predicted octanol–water partition coefficient (Wildman–Crippen LogP) is 4.93. The summed E-state index contributed by atoms with van der Waals surface area (Å²) in [5.74, 6) is 1.23. The molecule has 1 aliphatic heterocycles. The maximum atomic E-state index is 12.9. The molecule has 0 aromatic carbocycles. The van der Waals surface area contributed by atoms with E-state index in [4.69, 9.17) is 32.9 Å². The molecule has 2 aliphatic rings. The van der Waals surface area contributed by atoms with Gasteiger partial charge in [0.2, 0.25) is 0 Å². The van der Waals surface area contributed by atoms with Crippen molar-refractivity contribution >= 4 is 40.9 Å². The van der Waals surface area contributed by atoms with E-state index in [9.17, 15) is 9.59 Å². The highest BCUT2D eigenvalue weighted by molar-refractivity contribution is 6.36. The highest BCUT2D eigenvalue weighted by Gasteiger charge is 2.31. The fourth-order valence-electron chi connectivity index (χ4n) is 4.64. The molecule has 0 bridgehead atoms. The van der Waals surface area contributed by atoms with Gasteiger partial charge in [-0.05, 0) is 56.2 Å². The molecule has 2 N–H and O–H groups in total. The molecule has 10 heteroatoms. The first-order chi connectivity index (χ1) is 16.9. The summed E-state index contributed by atoms with van der Waals surface area (Å²) < 4.78 is 10.1. The highest BCUT2D eigenvalue weighted by atomic mass is 35.5. The van der Waals surface area contributed by atoms with Crippen molar-refractivity contribution in [2.45, 2.75) is 44.6 Å². The number of ketones is 1. The van der Waals surface area contributed by atoms with Crippen LogP contribution in [0.3, 0.4) is 0 Å². The van der Waals surface area contributed by atoms with E-state index in [1.807, 2.05) is 6.07 Å². The van der Waals surface area contributed by atoms with Crippen LogP contribution in [0.4, 0.5) is 10.6 Å². The number of amides is 1. The van der Waals surface area contributed by atoms with Crippen LogP contribution in [-0.4, -0.2) is 54.8 Å². The Hall–Kier alpha value is -2.42. The standard InChI is InChI=1S/C25H30Cl2N4O4/c1-34-25(33)30-17-3-2-16(10-17)22(32)12-18-11-19(21(27)14-28-18)24-20(26)4-5-23(31-24)29-13-15-6-8-35-9-7-15/h4-5,11,14-17H,2-3,6-10,12-13H2,1H3,(H,29,31)(H,30,33)/t16-,17+/m0/s1. The number of methoxy groups -OCH3 is 1. The van der Waals surface area contributed by atoms with Crippen LogP contribution in [0.1, 0.15) is 37.8 Å². The van der Waals surface area contributed by atoms with Crippen LogP contribution in [0.5, 0.6) is 0 Å². The zero-order chi connectivity index (χ0) is 24.8. The van der Waals surface area contributed by atoms with Gasteiger partial charge >= 0.3 is 6.09 Å². The smallest absolute Gasteiger partial charge is 0.407 e. The quantitative estimate of drug-likeness (QED) is 0.508. The van der Waals surface area contributed by atoms with Crippen molar-refractivity contribution in [3.05, 3.63) is 40.1 Å². The van der Waals surface area contributed by atoms with Crippen molar-refractivity contribution in [1.82, 2.24) is 15.3 Å². The topological polar surface area (TPSA) is 102 Å². The number of Topliss-reactive ketones (excluding diaryl/α,β-unsaturated/α-hetero) is 1. The van der Waals surface area contributed by atoms with E-state index in [-0.39, 0.29) is 24.2 Å². The molecule has 2 fully saturated rings. The lowest BCUT2D eigenvalue weighted by molar-refractivity contribution is -0.122. The SMILES string of the molecule is COC(=O)N[C@@H]1CC[C@H](C(=O)Cc2cc(-c3nc(NCC4CCOCC4)ccc3Cl)c(Cl)cn2)C1. The Kier molecular flexibility index (Phi) is 8.81. The van der Waals surface area contributed by atoms with Gasteiger partial charge in [-0.3, -0.25) is 9.78 Å². The van der Waals surface area contributed by atoms with Gasteiger partial charge in [0, 0.05) is 55.6 Å². The van der Waals surface area contributed by atoms with Gasteiger partial charge in [-0.1, -0.05) is 23.2 Å². The van der Waals surface area contributed by atoms with Gasteiger partial charge in [-0.15, -0.1) is 0 Å². The lowest BCUT2D eigenvalue weighted by atomic mass is 9.97. The molecule has 1 amide bonds. The van der Waals surface area contributed by atoms with Gasteiger partial charge in [-0.25, -0.2) is 9.78 Å². The van der Waals surface area contributed by atoms with E-state index < -0.39 is 6.09 Å². The molecule has 1 saturated heterocycles. The Bertz CT molecular complexity index is 1060. The molecule has 35 heavy (non-hydrogen) atoms. The van der Waals surface area contributed by atoms with Crippen LogP contribution in [0, 0.1) is 11.8 Å². The van der Waals surface area contributed by atoms with Gasteiger partial charge in [0.15, 0.2) is 0 Å².